The second-order valence-corrected chi connectivity index (χ2v) is 8.75. The van der Waals surface area contributed by atoms with Crippen LogP contribution in [0.4, 0.5) is 0 Å². The van der Waals surface area contributed by atoms with Gasteiger partial charge >= 0.3 is 5.97 Å². The Morgan fingerprint density at radius 3 is 1.64 bits per heavy atom. The molecule has 3 aromatic rings. The maximum atomic E-state index is 11.5. The largest absolute Gasteiger partial charge is 0.478 e. The number of carboxylic acid groups (broad SMARTS) is 1. The van der Waals surface area contributed by atoms with Gasteiger partial charge in [-0.15, -0.1) is 0 Å². The van der Waals surface area contributed by atoms with E-state index in [1.807, 2.05) is 0 Å². The SMILES string of the molecule is O=Cc1ccc(C(=O)O)cc1C=O.O=Cc1ccc(CO)cc1C=O.[N-]=[N+]=NCCNC(=O)CCc1ccc(C=O)c(C=O)c1. The monoisotopic (exact) mass is 616 g/mol. The third kappa shape index (κ3) is 12.7. The molecule has 14 nitrogen and oxygen atoms in total. The van der Waals surface area contributed by atoms with Crippen molar-refractivity contribution in [2.24, 2.45) is 5.11 Å². The number of aldehydes is 6. The molecule has 14 heteroatoms. The van der Waals surface area contributed by atoms with Gasteiger partial charge < -0.3 is 15.5 Å². The highest BCUT2D eigenvalue weighted by Gasteiger charge is 2.07. The van der Waals surface area contributed by atoms with Crippen molar-refractivity contribution in [1.29, 1.82) is 0 Å². The summed E-state index contributed by atoms with van der Waals surface area (Å²) in [4.78, 5) is 87.6. The standard InChI is InChI=1S/C13H14N4O3.C9H6O4.C9H8O3/c14-17-16-6-5-15-13(20)4-2-10-1-3-11(8-18)12(7-10)9-19;10-4-7-2-1-6(9(12)13)3-8(7)5-11;10-4-7-1-2-8(5-11)9(3-7)6-12/h1,3,7-9H,2,4-6H2,(H,15,20);1-5H,(H,12,13);1-3,5-6,10H,4H2. The van der Waals surface area contributed by atoms with E-state index in [4.69, 9.17) is 15.7 Å². The lowest BCUT2D eigenvalue weighted by molar-refractivity contribution is -0.121. The van der Waals surface area contributed by atoms with E-state index in [9.17, 15) is 38.4 Å². The van der Waals surface area contributed by atoms with E-state index in [1.165, 1.54) is 30.3 Å². The van der Waals surface area contributed by atoms with Crippen molar-refractivity contribution in [1.82, 2.24) is 5.32 Å². The molecule has 232 valence electrons. The lowest BCUT2D eigenvalue weighted by Crippen LogP contribution is -2.26. The van der Waals surface area contributed by atoms with E-state index in [0.717, 1.165) is 5.56 Å². The number of carboxylic acids is 1. The number of carbonyl (C=O) groups excluding carboxylic acids is 7. The summed E-state index contributed by atoms with van der Waals surface area (Å²) in [5, 5.41) is 23.2. The highest BCUT2D eigenvalue weighted by Crippen LogP contribution is 2.11. The molecule has 0 unspecified atom stereocenters. The van der Waals surface area contributed by atoms with E-state index in [1.54, 1.807) is 24.3 Å². The Morgan fingerprint density at radius 1 is 0.711 bits per heavy atom. The average molecular weight is 617 g/mol. The number of rotatable bonds is 14. The second-order valence-electron chi connectivity index (χ2n) is 8.75. The van der Waals surface area contributed by atoms with Crippen LogP contribution in [0.15, 0.2) is 59.7 Å². The Balaban J connectivity index is 0.000000353. The minimum atomic E-state index is -1.12. The second kappa shape index (κ2) is 20.7. The molecule has 0 spiro atoms. The van der Waals surface area contributed by atoms with Crippen molar-refractivity contribution in [3.8, 4) is 0 Å². The number of azide groups is 1. The van der Waals surface area contributed by atoms with Gasteiger partial charge in [-0.25, -0.2) is 4.79 Å². The highest BCUT2D eigenvalue weighted by molar-refractivity contribution is 5.95. The molecule has 0 heterocycles. The van der Waals surface area contributed by atoms with Gasteiger partial charge in [0.25, 0.3) is 0 Å². The lowest BCUT2D eigenvalue weighted by Gasteiger charge is -2.05. The first-order valence-corrected chi connectivity index (χ1v) is 12.9. The molecule has 1 amide bonds. The number of hydrogen-bond acceptors (Lipinski definition) is 10. The summed E-state index contributed by atoms with van der Waals surface area (Å²) >= 11 is 0. The number of benzene rings is 3. The topological polar surface area (TPSA) is 238 Å². The van der Waals surface area contributed by atoms with Crippen molar-refractivity contribution >= 4 is 49.6 Å². The fraction of sp³-hybridized carbons (Fsp3) is 0.161. The van der Waals surface area contributed by atoms with E-state index >= 15 is 0 Å². The number of nitrogens with zero attached hydrogens (tertiary/aromatic N) is 3. The smallest absolute Gasteiger partial charge is 0.335 e. The van der Waals surface area contributed by atoms with Crippen LogP contribution in [0.1, 0.15) is 90.1 Å². The normalized spacial score (nSPS) is 9.36. The van der Waals surface area contributed by atoms with E-state index in [-0.39, 0.29) is 42.2 Å². The van der Waals surface area contributed by atoms with Crippen molar-refractivity contribution in [2.75, 3.05) is 13.1 Å². The molecular formula is C31H28N4O10. The van der Waals surface area contributed by atoms with Crippen LogP contribution >= 0.6 is 0 Å². The Morgan fingerprint density at radius 2 is 1.18 bits per heavy atom. The van der Waals surface area contributed by atoms with Crippen LogP contribution in [0.3, 0.4) is 0 Å². The molecule has 3 aromatic carbocycles. The fourth-order valence-electron chi connectivity index (χ4n) is 3.47. The number of carbonyl (C=O) groups is 8. The Labute approximate surface area is 256 Å². The Bertz CT molecular complexity index is 1600. The highest BCUT2D eigenvalue weighted by atomic mass is 16.4. The number of aliphatic hydroxyl groups excluding tert-OH is 1. The summed E-state index contributed by atoms with van der Waals surface area (Å²) in [6, 6.07) is 13.2. The molecule has 0 saturated carbocycles. The first kappa shape index (κ1) is 36.9. The molecule has 0 bridgehead atoms. The number of nitrogens with one attached hydrogen (secondary N) is 1. The molecule has 3 rings (SSSR count). The van der Waals surface area contributed by atoms with Crippen LogP contribution < -0.4 is 5.32 Å². The van der Waals surface area contributed by atoms with Crippen LogP contribution in [-0.2, 0) is 17.8 Å². The number of aromatic carboxylic acids is 1. The van der Waals surface area contributed by atoms with Gasteiger partial charge in [0, 0.05) is 57.8 Å². The maximum absolute atomic E-state index is 11.5. The summed E-state index contributed by atoms with van der Waals surface area (Å²) in [6.45, 7) is 0.387. The third-order valence-electron chi connectivity index (χ3n) is 5.82. The Kier molecular flexibility index (Phi) is 17.0. The molecule has 0 aromatic heterocycles. The molecule has 0 saturated heterocycles. The zero-order chi connectivity index (χ0) is 33.6. The third-order valence-corrected chi connectivity index (χ3v) is 5.82. The number of amides is 1. The van der Waals surface area contributed by atoms with Gasteiger partial charge in [-0.2, -0.15) is 0 Å². The van der Waals surface area contributed by atoms with Crippen LogP contribution in [0.25, 0.3) is 10.4 Å². The van der Waals surface area contributed by atoms with E-state index in [2.05, 4.69) is 15.3 Å². The zero-order valence-corrected chi connectivity index (χ0v) is 23.7. The summed E-state index contributed by atoms with van der Waals surface area (Å²) < 4.78 is 0. The number of aliphatic hydroxyl groups is 1. The molecule has 0 fully saturated rings. The summed E-state index contributed by atoms with van der Waals surface area (Å²) in [7, 11) is 0. The molecule has 45 heavy (non-hydrogen) atoms. The minimum absolute atomic E-state index is 0.00676. The maximum Gasteiger partial charge on any atom is 0.335 e. The van der Waals surface area contributed by atoms with Crippen LogP contribution in [0.5, 0.6) is 0 Å². The molecular weight excluding hydrogens is 588 g/mol. The predicted molar refractivity (Wildman–Crippen MR) is 160 cm³/mol. The van der Waals surface area contributed by atoms with Crippen molar-refractivity contribution in [3.63, 3.8) is 0 Å². The molecule has 0 aliphatic carbocycles. The van der Waals surface area contributed by atoms with Gasteiger partial charge in [0.2, 0.25) is 5.91 Å². The first-order chi connectivity index (χ1) is 21.7. The van der Waals surface area contributed by atoms with Gasteiger partial charge in [-0.3, -0.25) is 33.6 Å². The van der Waals surface area contributed by atoms with Crippen molar-refractivity contribution in [2.45, 2.75) is 19.4 Å². The average Bonchev–Trinajstić information content (AvgIpc) is 3.08. The van der Waals surface area contributed by atoms with Crippen molar-refractivity contribution < 1.29 is 48.6 Å². The first-order valence-electron chi connectivity index (χ1n) is 12.9. The summed E-state index contributed by atoms with van der Waals surface area (Å²) in [5.41, 5.74) is 11.1. The van der Waals surface area contributed by atoms with Crippen molar-refractivity contribution in [3.05, 3.63) is 115 Å². The van der Waals surface area contributed by atoms with Crippen LogP contribution in [-0.4, -0.2) is 72.9 Å². The zero-order valence-electron chi connectivity index (χ0n) is 23.7. The fourth-order valence-corrected chi connectivity index (χ4v) is 3.47. The van der Waals surface area contributed by atoms with Gasteiger partial charge in [-0.05, 0) is 47.3 Å². The molecule has 0 atom stereocenters. The molecule has 0 aliphatic rings. The van der Waals surface area contributed by atoms with E-state index < -0.39 is 5.97 Å². The molecule has 3 N–H and O–H groups in total. The quantitative estimate of drug-likeness (QED) is 0.0783. The molecule has 0 radical (unpaired) electrons. The Hall–Kier alpha value is -6.11. The number of aryl methyl sites for hydroxylation is 1. The van der Waals surface area contributed by atoms with Gasteiger partial charge in [0.15, 0.2) is 37.7 Å². The lowest BCUT2D eigenvalue weighted by atomic mass is 10.0. The van der Waals surface area contributed by atoms with Crippen LogP contribution in [0, 0.1) is 0 Å². The summed E-state index contributed by atoms with van der Waals surface area (Å²) in [6.07, 6.45) is 4.14. The van der Waals surface area contributed by atoms with E-state index in [0.29, 0.717) is 78.5 Å². The van der Waals surface area contributed by atoms with Gasteiger partial charge in [0.1, 0.15) is 0 Å². The predicted octanol–water partition coefficient (Wildman–Crippen LogP) is 3.48. The van der Waals surface area contributed by atoms with Crippen LogP contribution in [0.2, 0.25) is 0 Å². The minimum Gasteiger partial charge on any atom is -0.478 e. The molecule has 0 aliphatic heterocycles. The van der Waals surface area contributed by atoms with Gasteiger partial charge in [-0.1, -0.05) is 35.4 Å². The number of hydrogen-bond donors (Lipinski definition) is 3. The summed E-state index contributed by atoms with van der Waals surface area (Å²) in [5.74, 6) is -1.29. The van der Waals surface area contributed by atoms with Gasteiger partial charge in [0.05, 0.1) is 12.2 Å².